The molecule has 5 saturated carbocycles. The van der Waals surface area contributed by atoms with E-state index in [2.05, 4.69) is 80.5 Å². The molecular formula is C60H80N2O10. The van der Waals surface area contributed by atoms with Crippen LogP contribution >= 0.6 is 0 Å². The van der Waals surface area contributed by atoms with Crippen LogP contribution in [-0.4, -0.2) is 94.8 Å². The molecule has 7 heterocycles. The number of ether oxygens (including phenoxy) is 4. The highest BCUT2D eigenvalue weighted by molar-refractivity contribution is 5.93. The Morgan fingerprint density at radius 2 is 1.74 bits per heavy atom. The maximum Gasteiger partial charge on any atom is 0.339 e. The number of Topliss-reactive ketones (excluding diaryl/α,β-unsaturated/α-hetero) is 1. The smallest absolute Gasteiger partial charge is 0.339 e. The molecule has 0 amide bonds. The van der Waals surface area contributed by atoms with Gasteiger partial charge in [0, 0.05) is 47.4 Å². The van der Waals surface area contributed by atoms with Crippen LogP contribution in [0.3, 0.4) is 0 Å². The third-order valence-electron chi connectivity index (χ3n) is 22.7. The molecule has 72 heavy (non-hydrogen) atoms. The maximum atomic E-state index is 16.4. The van der Waals surface area contributed by atoms with Crippen LogP contribution < -0.4 is 5.32 Å². The molecule has 1 aromatic heterocycles. The largest absolute Gasteiger partial charge is 0.469 e. The molecule has 18 atom stereocenters. The zero-order valence-electron chi connectivity index (χ0n) is 43.2. The fourth-order valence-electron chi connectivity index (χ4n) is 19.8. The van der Waals surface area contributed by atoms with Gasteiger partial charge in [-0.25, -0.2) is 4.79 Å². The lowest BCUT2D eigenvalue weighted by Gasteiger charge is -2.70. The molecule has 390 valence electrons. The van der Waals surface area contributed by atoms with Gasteiger partial charge >= 0.3 is 11.9 Å². The summed E-state index contributed by atoms with van der Waals surface area (Å²) in [6.45, 7) is 10.7. The third-order valence-corrected chi connectivity index (χ3v) is 22.7. The first-order valence-electron chi connectivity index (χ1n) is 28.6. The number of nitrogens with zero attached hydrogens (tertiary/aromatic N) is 1. The second-order valence-corrected chi connectivity index (χ2v) is 26.3. The molecule has 5 aliphatic carbocycles. The molecule has 12 nitrogen and oxygen atoms in total. The van der Waals surface area contributed by atoms with Crippen LogP contribution in [0.5, 0.6) is 0 Å². The molecule has 2 aromatic rings. The van der Waals surface area contributed by atoms with E-state index in [1.807, 2.05) is 6.07 Å². The van der Waals surface area contributed by atoms with Gasteiger partial charge in [0.15, 0.2) is 11.9 Å². The summed E-state index contributed by atoms with van der Waals surface area (Å²) < 4.78 is 34.8. The Kier molecular flexibility index (Phi) is 11.5. The van der Waals surface area contributed by atoms with Crippen LogP contribution in [0.15, 0.2) is 59.4 Å². The van der Waals surface area contributed by atoms with Gasteiger partial charge in [0.05, 0.1) is 36.0 Å². The predicted octanol–water partition coefficient (Wildman–Crippen LogP) is 8.67. The average molecular weight is 989 g/mol. The summed E-state index contributed by atoms with van der Waals surface area (Å²) >= 11 is 0. The van der Waals surface area contributed by atoms with Gasteiger partial charge in [0.2, 0.25) is 0 Å². The van der Waals surface area contributed by atoms with Gasteiger partial charge in [0.1, 0.15) is 30.2 Å². The highest BCUT2D eigenvalue weighted by Crippen LogP contribution is 2.84. The minimum atomic E-state index is -1.45. The average Bonchev–Trinajstić information content (AvgIpc) is 3.84. The van der Waals surface area contributed by atoms with Gasteiger partial charge in [-0.2, -0.15) is 0 Å². The number of aliphatic hydroxyl groups excluding tert-OH is 2. The number of allylic oxidation sites excluding steroid dienone is 1. The zero-order valence-corrected chi connectivity index (χ0v) is 43.2. The Balaban J connectivity index is 0.921. The van der Waals surface area contributed by atoms with Crippen LogP contribution in [-0.2, 0) is 46.2 Å². The molecule has 6 aliphatic heterocycles. The number of nitrogens with one attached hydrogen (secondary N) is 1. The zero-order chi connectivity index (χ0) is 49.6. The number of furan rings is 1. The van der Waals surface area contributed by atoms with Crippen molar-refractivity contribution in [2.75, 3.05) is 26.4 Å². The monoisotopic (exact) mass is 989 g/mol. The number of fused-ring (bicyclic) bond motifs is 5. The standard InChI is InChI=1S/C60H80N2O10/c1-35(2)17-24-56(4)48-47(64)49(65)59(41-14-10-13-37(28-41)27-36-11-6-5-7-12-36)46(58(48)33-69-54(67)57(53(58)72-56)21-8-9-22-57)18-23-55(3)50(70-52(66)51-60(55,59)71-51)43-20-26-68-45(43)30-40(32-63)38-15-16-42-39(29-38)19-25-62-34-61-31-44(42)62/h5-7,11-12,19-20,25-26,35,37-42,44,46,48-51,53,61,63,65H,8-10,13-18,21-24,27-34H2,1-4H3. The second kappa shape index (κ2) is 17.2. The van der Waals surface area contributed by atoms with E-state index in [0.717, 1.165) is 95.2 Å². The molecule has 12 heteroatoms. The van der Waals surface area contributed by atoms with E-state index in [1.165, 1.54) is 5.56 Å². The normalized spacial score (nSPS) is 45.8. The summed E-state index contributed by atoms with van der Waals surface area (Å²) in [6, 6.07) is 13.1. The Hall–Kier alpha value is -3.55. The van der Waals surface area contributed by atoms with Gasteiger partial charge in [-0.1, -0.05) is 82.9 Å². The number of carbonyl (C=O) groups excluding carboxylic acids is 3. The molecule has 3 spiro atoms. The minimum absolute atomic E-state index is 0.0272. The van der Waals surface area contributed by atoms with Crippen molar-refractivity contribution in [2.45, 2.75) is 179 Å². The lowest BCUT2D eigenvalue weighted by molar-refractivity contribution is -0.285. The summed E-state index contributed by atoms with van der Waals surface area (Å²) in [5, 5.41) is 28.7. The molecule has 0 bridgehead atoms. The number of ketones is 1. The Morgan fingerprint density at radius 3 is 2.53 bits per heavy atom. The second-order valence-electron chi connectivity index (χ2n) is 26.3. The molecule has 3 N–H and O–H groups in total. The van der Waals surface area contributed by atoms with E-state index in [1.54, 1.807) is 6.26 Å². The molecule has 18 unspecified atom stereocenters. The lowest BCUT2D eigenvalue weighted by Crippen LogP contribution is -2.80. The van der Waals surface area contributed by atoms with Crippen LogP contribution in [0.25, 0.3) is 0 Å². The number of rotatable bonds is 11. The molecular weight excluding hydrogens is 909 g/mol. The van der Waals surface area contributed by atoms with Crippen molar-refractivity contribution in [1.29, 1.82) is 0 Å². The van der Waals surface area contributed by atoms with Crippen molar-refractivity contribution in [1.82, 2.24) is 10.2 Å². The number of epoxide rings is 1. The first kappa shape index (κ1) is 48.1. The van der Waals surface area contributed by atoms with E-state index < -0.39 is 69.2 Å². The number of cyclic esters (lactones) is 2. The number of benzene rings is 1. The van der Waals surface area contributed by atoms with Crippen molar-refractivity contribution in [2.24, 2.45) is 74.9 Å². The molecule has 11 aliphatic rings. The quantitative estimate of drug-likeness (QED) is 0.146. The van der Waals surface area contributed by atoms with E-state index in [9.17, 15) is 15.0 Å². The van der Waals surface area contributed by atoms with Gasteiger partial charge in [-0.3, -0.25) is 14.9 Å². The van der Waals surface area contributed by atoms with Gasteiger partial charge in [0.25, 0.3) is 0 Å². The van der Waals surface area contributed by atoms with E-state index >= 15 is 9.59 Å². The van der Waals surface area contributed by atoms with Gasteiger partial charge in [-0.05, 0) is 149 Å². The first-order valence-corrected chi connectivity index (χ1v) is 28.6. The SMILES string of the molecule is CC(C)CCC1(C)OC2C3(CCCC3)C(=O)OCC23C1C(=O)C(O)C1(C2CCCC(Cc4ccccc4)C2)C3CCC2(C)C(c3ccoc3CC(CO)C3CCC4C(C=CN5CNCC45)C3)OC(=O)C3OC321. The molecule has 10 fully saturated rings. The van der Waals surface area contributed by atoms with Gasteiger partial charge < -0.3 is 38.5 Å². The highest BCUT2D eigenvalue weighted by atomic mass is 16.7. The number of hydrogen-bond donors (Lipinski definition) is 3. The third kappa shape index (κ3) is 6.49. The Labute approximate surface area is 426 Å². The van der Waals surface area contributed by atoms with Crippen LogP contribution in [0.4, 0.5) is 0 Å². The minimum Gasteiger partial charge on any atom is -0.469 e. The van der Waals surface area contributed by atoms with Crippen molar-refractivity contribution < 1.29 is 48.0 Å². The van der Waals surface area contributed by atoms with Gasteiger partial charge in [-0.15, -0.1) is 0 Å². The number of aliphatic hydroxyl groups is 2. The van der Waals surface area contributed by atoms with Crippen molar-refractivity contribution in [3.8, 4) is 0 Å². The van der Waals surface area contributed by atoms with Crippen LogP contribution in [0.2, 0.25) is 0 Å². The first-order chi connectivity index (χ1) is 34.8. The lowest BCUT2D eigenvalue weighted by atomic mass is 9.32. The van der Waals surface area contributed by atoms with E-state index in [0.29, 0.717) is 68.2 Å². The van der Waals surface area contributed by atoms with E-state index in [-0.39, 0.29) is 48.6 Å². The summed E-state index contributed by atoms with van der Waals surface area (Å²) in [7, 11) is 0. The fraction of sp³-hybridized carbons (Fsp3) is 0.750. The van der Waals surface area contributed by atoms with Crippen molar-refractivity contribution in [3.05, 3.63) is 71.8 Å². The Morgan fingerprint density at radius 1 is 0.917 bits per heavy atom. The highest BCUT2D eigenvalue weighted by Gasteiger charge is 2.94. The summed E-state index contributed by atoms with van der Waals surface area (Å²) in [6.07, 6.45) is 16.4. The maximum absolute atomic E-state index is 16.4. The van der Waals surface area contributed by atoms with Crippen LogP contribution in [0.1, 0.15) is 147 Å². The summed E-state index contributed by atoms with van der Waals surface area (Å²) in [5.74, 6) is 0.546. The number of hydrogen-bond acceptors (Lipinski definition) is 12. The van der Waals surface area contributed by atoms with Crippen molar-refractivity contribution in [3.63, 3.8) is 0 Å². The predicted molar refractivity (Wildman–Crippen MR) is 266 cm³/mol. The van der Waals surface area contributed by atoms with E-state index in [4.69, 9.17) is 23.4 Å². The Bertz CT molecular complexity index is 2470. The molecule has 5 saturated heterocycles. The number of esters is 2. The summed E-state index contributed by atoms with van der Waals surface area (Å²) in [4.78, 5) is 48.5. The fourth-order valence-corrected chi connectivity index (χ4v) is 19.8. The topological polar surface area (TPSA) is 160 Å². The van der Waals surface area contributed by atoms with Crippen LogP contribution in [0, 0.1) is 74.9 Å². The summed E-state index contributed by atoms with van der Waals surface area (Å²) in [5.41, 5.74) is -4.09. The van der Waals surface area contributed by atoms with Crippen molar-refractivity contribution >= 4 is 17.7 Å². The molecule has 0 radical (unpaired) electrons. The number of carbonyl (C=O) groups is 3. The molecule has 1 aromatic carbocycles. The molecule has 13 rings (SSSR count).